The Morgan fingerprint density at radius 3 is 2.35 bits per heavy atom. The Hall–Kier alpha value is -2.37. The summed E-state index contributed by atoms with van der Waals surface area (Å²) in [5, 5.41) is 13.8. The number of hydrogen-bond acceptors (Lipinski definition) is 3. The number of carbonyl (C=O) groups is 3. The lowest BCUT2D eigenvalue weighted by Crippen LogP contribution is -2.38. The van der Waals surface area contributed by atoms with E-state index < -0.39 is 17.9 Å². The standard InChI is InChI=1S/C14H18N2O4/c1-3-7-15-12(17)10-5-4-6-11(8-10)13(18)16-9(2)14(19)20/h4-6,8-9H,3,7H2,1-2H3,(H,15,17)(H,16,18)(H,19,20)/t9-/m1/s1. The van der Waals surface area contributed by atoms with Crippen LogP contribution in [0.2, 0.25) is 0 Å². The monoisotopic (exact) mass is 278 g/mol. The van der Waals surface area contributed by atoms with Gasteiger partial charge in [-0.25, -0.2) is 0 Å². The zero-order chi connectivity index (χ0) is 15.1. The van der Waals surface area contributed by atoms with Crippen LogP contribution in [0, 0.1) is 0 Å². The van der Waals surface area contributed by atoms with E-state index in [1.807, 2.05) is 6.92 Å². The summed E-state index contributed by atoms with van der Waals surface area (Å²) in [6.45, 7) is 3.88. The lowest BCUT2D eigenvalue weighted by atomic mass is 10.1. The summed E-state index contributed by atoms with van der Waals surface area (Å²) in [4.78, 5) is 34.3. The maximum atomic E-state index is 11.8. The SMILES string of the molecule is CCCNC(=O)c1cccc(C(=O)N[C@H](C)C(=O)O)c1. The third-order valence-electron chi connectivity index (χ3n) is 2.64. The summed E-state index contributed by atoms with van der Waals surface area (Å²) in [5.41, 5.74) is 0.622. The second-order valence-electron chi connectivity index (χ2n) is 4.37. The minimum Gasteiger partial charge on any atom is -0.480 e. The van der Waals surface area contributed by atoms with E-state index in [0.29, 0.717) is 12.1 Å². The van der Waals surface area contributed by atoms with Gasteiger partial charge in [0.05, 0.1) is 0 Å². The van der Waals surface area contributed by atoms with Crippen molar-refractivity contribution in [3.05, 3.63) is 35.4 Å². The fourth-order valence-electron chi connectivity index (χ4n) is 1.48. The van der Waals surface area contributed by atoms with E-state index in [1.54, 1.807) is 12.1 Å². The molecule has 2 amide bonds. The average molecular weight is 278 g/mol. The number of hydrogen-bond donors (Lipinski definition) is 3. The van der Waals surface area contributed by atoms with Crippen LogP contribution in [0.15, 0.2) is 24.3 Å². The molecular formula is C14H18N2O4. The number of carboxylic acid groups (broad SMARTS) is 1. The molecule has 0 saturated heterocycles. The van der Waals surface area contributed by atoms with Crippen molar-refractivity contribution in [2.75, 3.05) is 6.54 Å². The summed E-state index contributed by atoms with van der Waals surface area (Å²) >= 11 is 0. The second-order valence-corrected chi connectivity index (χ2v) is 4.37. The van der Waals surface area contributed by atoms with Crippen molar-refractivity contribution in [3.8, 4) is 0 Å². The number of nitrogens with one attached hydrogen (secondary N) is 2. The Balaban J connectivity index is 2.79. The highest BCUT2D eigenvalue weighted by molar-refractivity contribution is 6.00. The normalized spacial score (nSPS) is 11.5. The maximum absolute atomic E-state index is 11.8. The first-order chi connectivity index (χ1) is 9.45. The van der Waals surface area contributed by atoms with Gasteiger partial charge in [-0.3, -0.25) is 14.4 Å². The third-order valence-corrected chi connectivity index (χ3v) is 2.64. The predicted octanol–water partition coefficient (Wildman–Crippen LogP) is 1.03. The molecule has 0 spiro atoms. The quantitative estimate of drug-likeness (QED) is 0.724. The van der Waals surface area contributed by atoms with Crippen LogP contribution in [0.25, 0.3) is 0 Å². The van der Waals surface area contributed by atoms with Crippen molar-refractivity contribution in [2.24, 2.45) is 0 Å². The Labute approximate surface area is 117 Å². The number of rotatable bonds is 6. The van der Waals surface area contributed by atoms with Crippen LogP contribution in [-0.2, 0) is 4.79 Å². The van der Waals surface area contributed by atoms with E-state index in [-0.39, 0.29) is 11.5 Å². The Morgan fingerprint density at radius 2 is 1.80 bits per heavy atom. The van der Waals surface area contributed by atoms with Crippen molar-refractivity contribution < 1.29 is 19.5 Å². The van der Waals surface area contributed by atoms with Gasteiger partial charge in [-0.2, -0.15) is 0 Å². The molecule has 0 aromatic heterocycles. The van der Waals surface area contributed by atoms with E-state index in [0.717, 1.165) is 6.42 Å². The minimum absolute atomic E-state index is 0.252. The number of carboxylic acids is 1. The van der Waals surface area contributed by atoms with Crippen LogP contribution in [-0.4, -0.2) is 35.5 Å². The first-order valence-corrected chi connectivity index (χ1v) is 6.37. The van der Waals surface area contributed by atoms with Crippen molar-refractivity contribution in [1.82, 2.24) is 10.6 Å². The van der Waals surface area contributed by atoms with Gasteiger partial charge in [0.2, 0.25) is 0 Å². The molecule has 0 aliphatic carbocycles. The summed E-state index contributed by atoms with van der Waals surface area (Å²) in [7, 11) is 0. The number of aliphatic carboxylic acids is 1. The van der Waals surface area contributed by atoms with Gasteiger partial charge in [0.25, 0.3) is 11.8 Å². The zero-order valence-corrected chi connectivity index (χ0v) is 11.5. The van der Waals surface area contributed by atoms with Crippen molar-refractivity contribution in [1.29, 1.82) is 0 Å². The van der Waals surface area contributed by atoms with Gasteiger partial charge in [-0.05, 0) is 31.5 Å². The van der Waals surface area contributed by atoms with Gasteiger partial charge in [0.15, 0.2) is 0 Å². The van der Waals surface area contributed by atoms with Gasteiger partial charge < -0.3 is 15.7 Å². The number of carbonyl (C=O) groups excluding carboxylic acids is 2. The molecule has 1 aromatic rings. The first-order valence-electron chi connectivity index (χ1n) is 6.37. The molecule has 3 N–H and O–H groups in total. The van der Waals surface area contributed by atoms with E-state index in [2.05, 4.69) is 10.6 Å². The molecule has 1 atom stereocenters. The maximum Gasteiger partial charge on any atom is 0.325 e. The Morgan fingerprint density at radius 1 is 1.20 bits per heavy atom. The lowest BCUT2D eigenvalue weighted by Gasteiger charge is -2.10. The van der Waals surface area contributed by atoms with Gasteiger partial charge in [-0.1, -0.05) is 13.0 Å². The summed E-state index contributed by atoms with van der Waals surface area (Å²) in [5.74, 6) is -1.90. The first kappa shape index (κ1) is 15.7. The van der Waals surface area contributed by atoms with Gasteiger partial charge >= 0.3 is 5.97 Å². The number of amides is 2. The second kappa shape index (κ2) is 7.28. The zero-order valence-electron chi connectivity index (χ0n) is 11.5. The van der Waals surface area contributed by atoms with Crippen molar-refractivity contribution >= 4 is 17.8 Å². The molecule has 108 valence electrons. The molecule has 1 rings (SSSR count). The minimum atomic E-state index is -1.12. The van der Waals surface area contributed by atoms with E-state index in [9.17, 15) is 14.4 Å². The smallest absolute Gasteiger partial charge is 0.325 e. The molecule has 6 heteroatoms. The predicted molar refractivity (Wildman–Crippen MR) is 73.6 cm³/mol. The van der Waals surface area contributed by atoms with E-state index in [1.165, 1.54) is 19.1 Å². The largest absolute Gasteiger partial charge is 0.480 e. The van der Waals surface area contributed by atoms with Crippen LogP contribution >= 0.6 is 0 Å². The molecule has 6 nitrogen and oxygen atoms in total. The summed E-state index contributed by atoms with van der Waals surface area (Å²) in [6, 6.07) is 5.17. The highest BCUT2D eigenvalue weighted by Crippen LogP contribution is 2.06. The molecule has 0 saturated carbocycles. The average Bonchev–Trinajstić information content (AvgIpc) is 2.44. The van der Waals surface area contributed by atoms with E-state index in [4.69, 9.17) is 5.11 Å². The Bertz CT molecular complexity index is 514. The molecule has 0 radical (unpaired) electrons. The molecule has 0 fully saturated rings. The molecular weight excluding hydrogens is 260 g/mol. The number of benzene rings is 1. The molecule has 0 aliphatic rings. The molecule has 0 unspecified atom stereocenters. The van der Waals surface area contributed by atoms with Gasteiger partial charge in [-0.15, -0.1) is 0 Å². The van der Waals surface area contributed by atoms with Crippen LogP contribution in [0.1, 0.15) is 41.0 Å². The van der Waals surface area contributed by atoms with Crippen molar-refractivity contribution in [2.45, 2.75) is 26.3 Å². The fourth-order valence-corrected chi connectivity index (χ4v) is 1.48. The molecule has 20 heavy (non-hydrogen) atoms. The molecule has 0 heterocycles. The molecule has 0 aliphatic heterocycles. The topological polar surface area (TPSA) is 95.5 Å². The van der Waals surface area contributed by atoms with Crippen molar-refractivity contribution in [3.63, 3.8) is 0 Å². The molecule has 0 bridgehead atoms. The van der Waals surface area contributed by atoms with Crippen LogP contribution in [0.4, 0.5) is 0 Å². The highest BCUT2D eigenvalue weighted by atomic mass is 16.4. The van der Waals surface area contributed by atoms with E-state index >= 15 is 0 Å². The highest BCUT2D eigenvalue weighted by Gasteiger charge is 2.16. The summed E-state index contributed by atoms with van der Waals surface area (Å²) in [6.07, 6.45) is 0.821. The fraction of sp³-hybridized carbons (Fsp3) is 0.357. The van der Waals surface area contributed by atoms with Gasteiger partial charge in [0.1, 0.15) is 6.04 Å². The summed E-state index contributed by atoms with van der Waals surface area (Å²) < 4.78 is 0. The lowest BCUT2D eigenvalue weighted by molar-refractivity contribution is -0.138. The van der Waals surface area contributed by atoms with Crippen LogP contribution in [0.3, 0.4) is 0 Å². The third kappa shape index (κ3) is 4.38. The van der Waals surface area contributed by atoms with Gasteiger partial charge in [0, 0.05) is 17.7 Å². The molecule has 1 aromatic carbocycles. The van der Waals surface area contributed by atoms with Crippen LogP contribution in [0.5, 0.6) is 0 Å². The van der Waals surface area contributed by atoms with Crippen LogP contribution < -0.4 is 10.6 Å². The Kier molecular flexibility index (Phi) is 5.71.